The average Bonchev–Trinajstić information content (AvgIpc) is 2.78. The van der Waals surface area contributed by atoms with Gasteiger partial charge in [-0.25, -0.2) is 4.79 Å². The van der Waals surface area contributed by atoms with Crippen LogP contribution in [0.4, 0.5) is 0 Å². The third kappa shape index (κ3) is 12.6. The SMILES string of the molecule is CCC(C)C(N)C(=O)NC(CC(C)C)C(=O)NC(CCCCN)C(=O)NC(CCSC)C(=O)O. The first-order chi connectivity index (χ1) is 16.0. The van der Waals surface area contributed by atoms with Crippen molar-refractivity contribution < 1.29 is 24.3 Å². The van der Waals surface area contributed by atoms with Gasteiger partial charge in [0.05, 0.1) is 6.04 Å². The van der Waals surface area contributed by atoms with Gasteiger partial charge in [-0.1, -0.05) is 34.1 Å². The first-order valence-corrected chi connectivity index (χ1v) is 13.5. The molecule has 5 atom stereocenters. The van der Waals surface area contributed by atoms with Crippen LogP contribution in [0.1, 0.15) is 66.2 Å². The molecule has 0 heterocycles. The Balaban J connectivity index is 5.51. The Morgan fingerprint density at radius 1 is 0.882 bits per heavy atom. The van der Waals surface area contributed by atoms with E-state index in [9.17, 15) is 24.3 Å². The molecule has 0 spiro atoms. The van der Waals surface area contributed by atoms with Crippen molar-refractivity contribution in [1.29, 1.82) is 0 Å². The molecule has 0 saturated heterocycles. The predicted molar refractivity (Wildman–Crippen MR) is 136 cm³/mol. The number of carboxylic acid groups (broad SMARTS) is 1. The van der Waals surface area contributed by atoms with Crippen molar-refractivity contribution in [1.82, 2.24) is 16.0 Å². The van der Waals surface area contributed by atoms with Gasteiger partial charge in [-0.3, -0.25) is 14.4 Å². The van der Waals surface area contributed by atoms with Gasteiger partial charge in [-0.15, -0.1) is 0 Å². The van der Waals surface area contributed by atoms with Crippen LogP contribution in [0.15, 0.2) is 0 Å². The van der Waals surface area contributed by atoms with Crippen LogP contribution in [0.25, 0.3) is 0 Å². The zero-order valence-corrected chi connectivity index (χ0v) is 22.1. The minimum atomic E-state index is -1.13. The fourth-order valence-electron chi connectivity index (χ4n) is 3.28. The number of rotatable bonds is 18. The van der Waals surface area contributed by atoms with E-state index in [0.717, 1.165) is 6.42 Å². The summed E-state index contributed by atoms with van der Waals surface area (Å²) in [6.45, 7) is 8.10. The Morgan fingerprint density at radius 3 is 1.94 bits per heavy atom. The van der Waals surface area contributed by atoms with E-state index in [1.54, 1.807) is 0 Å². The standard InChI is InChI=1S/C23H45N5O5S/c1-6-15(4)19(25)22(31)28-18(13-14(2)3)21(30)26-16(9-7-8-11-24)20(29)27-17(23(32)33)10-12-34-5/h14-19H,6-13,24-25H2,1-5H3,(H,26,30)(H,27,29)(H,28,31)(H,32,33). The Hall–Kier alpha value is -1.85. The highest BCUT2D eigenvalue weighted by molar-refractivity contribution is 7.98. The lowest BCUT2D eigenvalue weighted by molar-refractivity contribution is -0.142. The minimum Gasteiger partial charge on any atom is -0.480 e. The molecule has 0 aliphatic carbocycles. The molecule has 0 fully saturated rings. The van der Waals surface area contributed by atoms with Gasteiger partial charge < -0.3 is 32.5 Å². The Kier molecular flexibility index (Phi) is 16.6. The lowest BCUT2D eigenvalue weighted by Crippen LogP contribution is -2.57. The van der Waals surface area contributed by atoms with Crippen LogP contribution in [-0.4, -0.2) is 71.5 Å². The molecule has 0 bridgehead atoms. The second kappa shape index (κ2) is 17.6. The quantitative estimate of drug-likeness (QED) is 0.149. The van der Waals surface area contributed by atoms with E-state index in [2.05, 4.69) is 16.0 Å². The summed E-state index contributed by atoms with van der Waals surface area (Å²) in [6.07, 6.45) is 4.76. The molecule has 8 N–H and O–H groups in total. The van der Waals surface area contributed by atoms with Gasteiger partial charge in [0.2, 0.25) is 17.7 Å². The number of nitrogens with two attached hydrogens (primary N) is 2. The molecule has 0 rings (SSSR count). The third-order valence-electron chi connectivity index (χ3n) is 5.70. The van der Waals surface area contributed by atoms with Crippen molar-refractivity contribution in [3.8, 4) is 0 Å². The van der Waals surface area contributed by atoms with Gasteiger partial charge in [0.1, 0.15) is 18.1 Å². The minimum absolute atomic E-state index is 0.0493. The van der Waals surface area contributed by atoms with Crippen LogP contribution < -0.4 is 27.4 Å². The summed E-state index contributed by atoms with van der Waals surface area (Å²) in [5, 5.41) is 17.4. The molecule has 0 aromatic heterocycles. The Labute approximate surface area is 208 Å². The second-order valence-electron chi connectivity index (χ2n) is 9.13. The Morgan fingerprint density at radius 2 is 1.44 bits per heavy atom. The molecule has 0 aromatic carbocycles. The van der Waals surface area contributed by atoms with E-state index < -0.39 is 47.9 Å². The fraction of sp³-hybridized carbons (Fsp3) is 0.826. The van der Waals surface area contributed by atoms with E-state index >= 15 is 0 Å². The van der Waals surface area contributed by atoms with Crippen LogP contribution in [-0.2, 0) is 19.2 Å². The summed E-state index contributed by atoms with van der Waals surface area (Å²) in [7, 11) is 0. The molecule has 11 heteroatoms. The van der Waals surface area contributed by atoms with Crippen LogP contribution in [0, 0.1) is 11.8 Å². The molecule has 198 valence electrons. The monoisotopic (exact) mass is 503 g/mol. The van der Waals surface area contributed by atoms with Gasteiger partial charge in [0.15, 0.2) is 0 Å². The third-order valence-corrected chi connectivity index (χ3v) is 6.35. The van der Waals surface area contributed by atoms with Crippen molar-refractivity contribution in [3.05, 3.63) is 0 Å². The lowest BCUT2D eigenvalue weighted by Gasteiger charge is -2.27. The van der Waals surface area contributed by atoms with E-state index in [0.29, 0.717) is 38.0 Å². The number of amides is 3. The maximum absolute atomic E-state index is 13.1. The number of hydrogen-bond acceptors (Lipinski definition) is 7. The van der Waals surface area contributed by atoms with E-state index in [1.807, 2.05) is 34.0 Å². The number of carbonyl (C=O) groups excluding carboxylic acids is 3. The van der Waals surface area contributed by atoms with E-state index in [4.69, 9.17) is 11.5 Å². The number of carbonyl (C=O) groups is 4. The maximum Gasteiger partial charge on any atom is 0.326 e. The molecule has 0 aliphatic heterocycles. The van der Waals surface area contributed by atoms with Crippen molar-refractivity contribution in [2.24, 2.45) is 23.3 Å². The molecule has 34 heavy (non-hydrogen) atoms. The van der Waals surface area contributed by atoms with Gasteiger partial charge in [0, 0.05) is 0 Å². The maximum atomic E-state index is 13.1. The predicted octanol–water partition coefficient (Wildman–Crippen LogP) is 0.827. The van der Waals surface area contributed by atoms with Gasteiger partial charge in [-0.05, 0) is 62.5 Å². The average molecular weight is 504 g/mol. The largest absolute Gasteiger partial charge is 0.480 e. The van der Waals surface area contributed by atoms with Crippen molar-refractivity contribution in [2.45, 2.75) is 90.4 Å². The highest BCUT2D eigenvalue weighted by Crippen LogP contribution is 2.11. The number of hydrogen-bond donors (Lipinski definition) is 6. The number of carboxylic acids is 1. The fourth-order valence-corrected chi connectivity index (χ4v) is 3.75. The molecule has 10 nitrogen and oxygen atoms in total. The molecular formula is C23H45N5O5S. The Bertz CT molecular complexity index is 649. The molecule has 0 saturated carbocycles. The summed E-state index contributed by atoms with van der Waals surface area (Å²) in [5.74, 6) is -1.98. The van der Waals surface area contributed by atoms with Crippen molar-refractivity contribution in [3.63, 3.8) is 0 Å². The number of unbranched alkanes of at least 4 members (excludes halogenated alkanes) is 1. The number of thioether (sulfide) groups is 1. The topological polar surface area (TPSA) is 177 Å². The van der Waals surface area contributed by atoms with Crippen molar-refractivity contribution >= 4 is 35.5 Å². The van der Waals surface area contributed by atoms with Crippen LogP contribution in [0.5, 0.6) is 0 Å². The van der Waals surface area contributed by atoms with Crippen LogP contribution in [0.3, 0.4) is 0 Å². The van der Waals surface area contributed by atoms with E-state index in [1.165, 1.54) is 11.8 Å². The van der Waals surface area contributed by atoms with Crippen LogP contribution in [0.2, 0.25) is 0 Å². The first-order valence-electron chi connectivity index (χ1n) is 12.1. The lowest BCUT2D eigenvalue weighted by atomic mass is 9.97. The molecule has 0 radical (unpaired) electrons. The highest BCUT2D eigenvalue weighted by atomic mass is 32.2. The van der Waals surface area contributed by atoms with Gasteiger partial charge >= 0.3 is 5.97 Å². The summed E-state index contributed by atoms with van der Waals surface area (Å²) < 4.78 is 0. The molecule has 0 aliphatic rings. The van der Waals surface area contributed by atoms with Gasteiger partial charge in [0.25, 0.3) is 0 Å². The summed E-state index contributed by atoms with van der Waals surface area (Å²) in [4.78, 5) is 50.2. The zero-order chi connectivity index (χ0) is 26.3. The molecule has 5 unspecified atom stereocenters. The second-order valence-corrected chi connectivity index (χ2v) is 10.1. The molecular weight excluding hydrogens is 458 g/mol. The first kappa shape index (κ1) is 32.1. The highest BCUT2D eigenvalue weighted by Gasteiger charge is 2.31. The normalized spacial score (nSPS) is 15.6. The number of aliphatic carboxylic acids is 1. The van der Waals surface area contributed by atoms with Crippen molar-refractivity contribution in [2.75, 3.05) is 18.6 Å². The molecule has 3 amide bonds. The smallest absolute Gasteiger partial charge is 0.326 e. The van der Waals surface area contributed by atoms with Gasteiger partial charge in [-0.2, -0.15) is 11.8 Å². The summed E-state index contributed by atoms with van der Waals surface area (Å²) in [5.41, 5.74) is 11.6. The van der Waals surface area contributed by atoms with E-state index in [-0.39, 0.29) is 18.3 Å². The number of nitrogens with one attached hydrogen (secondary N) is 3. The summed E-state index contributed by atoms with van der Waals surface area (Å²) >= 11 is 1.48. The summed E-state index contributed by atoms with van der Waals surface area (Å²) in [6, 6.07) is -3.60. The zero-order valence-electron chi connectivity index (χ0n) is 21.3. The van der Waals surface area contributed by atoms with Crippen LogP contribution >= 0.6 is 11.8 Å². The molecule has 0 aromatic rings.